The molecule has 2 aliphatic rings. The van der Waals surface area contributed by atoms with E-state index in [1.54, 1.807) is 11.0 Å². The smallest absolute Gasteiger partial charge is 0.283 e. The molecule has 8 heteroatoms. The number of amidine groups is 1. The highest BCUT2D eigenvalue weighted by atomic mass is 32.2. The van der Waals surface area contributed by atoms with Crippen molar-refractivity contribution in [1.82, 2.24) is 5.32 Å². The number of aliphatic imine (C=N–C) groups is 1. The first-order chi connectivity index (χ1) is 15.8. The van der Waals surface area contributed by atoms with E-state index in [4.69, 9.17) is 9.47 Å². The van der Waals surface area contributed by atoms with Crippen molar-refractivity contribution in [1.29, 1.82) is 0 Å². The van der Waals surface area contributed by atoms with Crippen LogP contribution in [0.3, 0.4) is 0 Å². The fourth-order valence-electron chi connectivity index (χ4n) is 3.27. The van der Waals surface area contributed by atoms with E-state index in [0.717, 1.165) is 11.1 Å². The molecule has 0 fully saturated rings. The molecule has 7 nitrogen and oxygen atoms in total. The summed E-state index contributed by atoms with van der Waals surface area (Å²) in [6.07, 6.45) is 1.72. The van der Waals surface area contributed by atoms with Crippen LogP contribution in [0.25, 0.3) is 6.08 Å². The molecule has 0 saturated carbocycles. The minimum Gasteiger partial charge on any atom is -0.454 e. The molecular formula is C25H27N3O4S. The lowest BCUT2D eigenvalue weighted by molar-refractivity contribution is -0.119. The first kappa shape index (κ1) is 22.9. The molecule has 0 bridgehead atoms. The predicted molar refractivity (Wildman–Crippen MR) is 132 cm³/mol. The number of carbonyl (C=O) groups excluding carboxylic acids is 2. The number of thioether (sulfide) groups is 1. The Morgan fingerprint density at radius 1 is 1.15 bits per heavy atom. The molecule has 0 unspecified atom stereocenters. The Kier molecular flexibility index (Phi) is 6.74. The maximum absolute atomic E-state index is 13.3. The number of carbonyl (C=O) groups is 2. The van der Waals surface area contributed by atoms with Crippen molar-refractivity contribution in [2.24, 2.45) is 10.9 Å². The van der Waals surface area contributed by atoms with Crippen LogP contribution in [0.5, 0.6) is 11.5 Å². The second-order valence-corrected chi connectivity index (χ2v) is 9.34. The molecular weight excluding hydrogens is 438 g/mol. The van der Waals surface area contributed by atoms with E-state index in [2.05, 4.69) is 24.2 Å². The highest BCUT2D eigenvalue weighted by Crippen LogP contribution is 2.34. The molecule has 172 valence electrons. The van der Waals surface area contributed by atoms with Gasteiger partial charge in [-0.15, -0.1) is 0 Å². The van der Waals surface area contributed by atoms with Crippen molar-refractivity contribution in [2.45, 2.75) is 33.7 Å². The first-order valence-electron chi connectivity index (χ1n) is 10.8. The third-order valence-electron chi connectivity index (χ3n) is 5.54. The fourth-order valence-corrected chi connectivity index (χ4v) is 4.09. The van der Waals surface area contributed by atoms with E-state index in [1.165, 1.54) is 11.8 Å². The monoisotopic (exact) mass is 465 g/mol. The number of nitrogens with one attached hydrogen (secondary N) is 1. The molecule has 0 radical (unpaired) electrons. The Morgan fingerprint density at radius 2 is 1.88 bits per heavy atom. The molecule has 0 saturated heterocycles. The van der Waals surface area contributed by atoms with Gasteiger partial charge in [0.2, 0.25) is 12.7 Å². The zero-order valence-corrected chi connectivity index (χ0v) is 19.9. The summed E-state index contributed by atoms with van der Waals surface area (Å²) in [6, 6.07) is 13.2. The number of aryl methyl sites for hydroxylation is 1. The third-order valence-corrected chi connectivity index (χ3v) is 6.48. The van der Waals surface area contributed by atoms with Gasteiger partial charge in [-0.1, -0.05) is 49.4 Å². The van der Waals surface area contributed by atoms with E-state index >= 15 is 0 Å². The van der Waals surface area contributed by atoms with Gasteiger partial charge in [0.05, 0.1) is 11.4 Å². The Labute approximate surface area is 197 Å². The number of benzene rings is 2. The summed E-state index contributed by atoms with van der Waals surface area (Å²) in [6.45, 7) is 8.28. The Balaban J connectivity index is 1.59. The van der Waals surface area contributed by atoms with Crippen LogP contribution in [0.2, 0.25) is 0 Å². The second-order valence-electron chi connectivity index (χ2n) is 8.40. The minimum atomic E-state index is -0.241. The number of amides is 2. The Bertz CT molecular complexity index is 1120. The van der Waals surface area contributed by atoms with Crippen molar-refractivity contribution >= 4 is 40.5 Å². The lowest BCUT2D eigenvalue weighted by atomic mass is 10.1. The molecule has 4 rings (SSSR count). The molecule has 1 atom stereocenters. The molecule has 33 heavy (non-hydrogen) atoms. The molecule has 2 heterocycles. The number of ether oxygens (including phenoxy) is 2. The highest BCUT2D eigenvalue weighted by molar-refractivity contribution is 8.14. The SMILES string of the molecule is Cc1ccc(N2C(=O)/C(=C/c3ccc4c(c3)OCO4)N=C2SCC(=O)N[C@@H](C)C(C)C)cc1. The van der Waals surface area contributed by atoms with Crippen LogP contribution in [0.1, 0.15) is 31.9 Å². The third kappa shape index (κ3) is 5.22. The number of nitrogens with zero attached hydrogens (tertiary/aromatic N) is 2. The summed E-state index contributed by atoms with van der Waals surface area (Å²) >= 11 is 1.25. The lowest BCUT2D eigenvalue weighted by Gasteiger charge is -2.19. The van der Waals surface area contributed by atoms with Crippen LogP contribution in [-0.4, -0.2) is 35.6 Å². The van der Waals surface area contributed by atoms with Gasteiger partial charge in [0.25, 0.3) is 5.91 Å². The number of fused-ring (bicyclic) bond motifs is 1. The summed E-state index contributed by atoms with van der Waals surface area (Å²) in [7, 11) is 0. The van der Waals surface area contributed by atoms with Gasteiger partial charge in [0.15, 0.2) is 16.7 Å². The number of hydrogen-bond donors (Lipinski definition) is 1. The van der Waals surface area contributed by atoms with Crippen molar-refractivity contribution in [3.8, 4) is 11.5 Å². The number of hydrogen-bond acceptors (Lipinski definition) is 6. The molecule has 1 N–H and O–H groups in total. The minimum absolute atomic E-state index is 0.0694. The van der Waals surface area contributed by atoms with Gasteiger partial charge >= 0.3 is 0 Å². The fraction of sp³-hybridized carbons (Fsp3) is 0.320. The predicted octanol–water partition coefficient (Wildman–Crippen LogP) is 4.36. The molecule has 0 spiro atoms. The molecule has 2 aromatic carbocycles. The van der Waals surface area contributed by atoms with Crippen molar-refractivity contribution in [3.63, 3.8) is 0 Å². The van der Waals surface area contributed by atoms with Gasteiger partial charge < -0.3 is 14.8 Å². The normalized spacial score (nSPS) is 17.0. The van der Waals surface area contributed by atoms with Gasteiger partial charge in [-0.2, -0.15) is 0 Å². The van der Waals surface area contributed by atoms with E-state index in [9.17, 15) is 9.59 Å². The topological polar surface area (TPSA) is 80.2 Å². The average Bonchev–Trinajstić information content (AvgIpc) is 3.37. The summed E-state index contributed by atoms with van der Waals surface area (Å²) in [5.41, 5.74) is 2.88. The van der Waals surface area contributed by atoms with Crippen LogP contribution >= 0.6 is 11.8 Å². The van der Waals surface area contributed by atoms with Crippen LogP contribution in [-0.2, 0) is 9.59 Å². The van der Waals surface area contributed by atoms with Crippen molar-refractivity contribution < 1.29 is 19.1 Å². The van der Waals surface area contributed by atoms with E-state index in [-0.39, 0.29) is 30.4 Å². The van der Waals surface area contributed by atoms with E-state index in [0.29, 0.717) is 34.0 Å². The maximum atomic E-state index is 13.3. The second kappa shape index (κ2) is 9.70. The van der Waals surface area contributed by atoms with Gasteiger partial charge in [0, 0.05) is 6.04 Å². The van der Waals surface area contributed by atoms with Crippen molar-refractivity contribution in [2.75, 3.05) is 17.4 Å². The van der Waals surface area contributed by atoms with Gasteiger partial charge in [-0.05, 0) is 55.7 Å². The molecule has 2 amide bonds. The summed E-state index contributed by atoms with van der Waals surface area (Å²) < 4.78 is 10.8. The molecule has 0 aromatic heterocycles. The summed E-state index contributed by atoms with van der Waals surface area (Å²) in [5.74, 6) is 1.49. The number of anilines is 1. The summed E-state index contributed by atoms with van der Waals surface area (Å²) in [4.78, 5) is 31.9. The zero-order chi connectivity index (χ0) is 23.5. The Hall–Kier alpha value is -3.26. The van der Waals surface area contributed by atoms with Crippen molar-refractivity contribution in [3.05, 3.63) is 59.3 Å². The van der Waals surface area contributed by atoms with Crippen LogP contribution in [0, 0.1) is 12.8 Å². The number of rotatable bonds is 6. The molecule has 0 aliphatic carbocycles. The highest BCUT2D eigenvalue weighted by Gasteiger charge is 2.32. The molecule has 2 aromatic rings. The van der Waals surface area contributed by atoms with Gasteiger partial charge in [-0.3, -0.25) is 14.5 Å². The first-order valence-corrected chi connectivity index (χ1v) is 11.8. The van der Waals surface area contributed by atoms with Crippen LogP contribution in [0.4, 0.5) is 5.69 Å². The van der Waals surface area contributed by atoms with E-state index < -0.39 is 0 Å². The summed E-state index contributed by atoms with van der Waals surface area (Å²) in [5, 5.41) is 3.47. The van der Waals surface area contributed by atoms with Gasteiger partial charge in [-0.25, -0.2) is 4.99 Å². The Morgan fingerprint density at radius 3 is 2.61 bits per heavy atom. The average molecular weight is 466 g/mol. The maximum Gasteiger partial charge on any atom is 0.283 e. The zero-order valence-electron chi connectivity index (χ0n) is 19.1. The molecule has 2 aliphatic heterocycles. The lowest BCUT2D eigenvalue weighted by Crippen LogP contribution is -2.38. The standard InChI is InChI=1S/C25H27N3O4S/c1-15(2)17(4)26-23(29)13-33-25-27-20(11-18-7-10-21-22(12-18)32-14-31-21)24(30)28(25)19-8-5-16(3)6-9-19/h5-12,15,17H,13-14H2,1-4H3,(H,26,29)/b20-11-/t17-/m0/s1. The quantitative estimate of drug-likeness (QED) is 0.641. The van der Waals surface area contributed by atoms with E-state index in [1.807, 2.05) is 56.3 Å². The van der Waals surface area contributed by atoms with Crippen LogP contribution in [0.15, 0.2) is 53.2 Å². The van der Waals surface area contributed by atoms with Crippen LogP contribution < -0.4 is 19.7 Å². The largest absolute Gasteiger partial charge is 0.454 e. The van der Waals surface area contributed by atoms with Gasteiger partial charge in [0.1, 0.15) is 5.70 Å².